The lowest BCUT2D eigenvalue weighted by Crippen LogP contribution is -2.31. The second-order valence-electron chi connectivity index (χ2n) is 5.10. The molecule has 0 fully saturated rings. The van der Waals surface area contributed by atoms with Gasteiger partial charge in [0.15, 0.2) is 0 Å². The predicted octanol–water partition coefficient (Wildman–Crippen LogP) is 2.94. The fourth-order valence-corrected chi connectivity index (χ4v) is 2.29. The maximum absolute atomic E-state index is 12.7. The number of nitrogens with zero attached hydrogens (tertiary/aromatic N) is 2. The average Bonchev–Trinajstić information content (AvgIpc) is 2.46. The number of carbonyl (C=O) groups is 1. The molecule has 0 radical (unpaired) electrons. The molecular weight excluding hydrogens is 262 g/mol. The minimum absolute atomic E-state index is 0.00856. The lowest BCUT2D eigenvalue weighted by atomic mass is 10.1. The zero-order valence-corrected chi connectivity index (χ0v) is 12.8. The summed E-state index contributed by atoms with van der Waals surface area (Å²) >= 11 is 0. The minimum atomic E-state index is -0.00856. The highest BCUT2D eigenvalue weighted by Gasteiger charge is 2.18. The molecule has 0 saturated heterocycles. The van der Waals surface area contributed by atoms with Crippen molar-refractivity contribution in [2.45, 2.75) is 27.3 Å². The molecule has 0 spiro atoms. The van der Waals surface area contributed by atoms with Gasteiger partial charge in [-0.05, 0) is 44.5 Å². The quantitative estimate of drug-likeness (QED) is 0.878. The zero-order chi connectivity index (χ0) is 15.4. The summed E-state index contributed by atoms with van der Waals surface area (Å²) in [6, 6.07) is 11.3. The molecule has 110 valence electrons. The Morgan fingerprint density at radius 1 is 1.19 bits per heavy atom. The summed E-state index contributed by atoms with van der Waals surface area (Å²) < 4.78 is 0. The van der Waals surface area contributed by atoms with E-state index in [-0.39, 0.29) is 5.91 Å². The summed E-state index contributed by atoms with van der Waals surface area (Å²) in [4.78, 5) is 18.8. The Kier molecular flexibility index (Phi) is 4.58. The first-order valence-corrected chi connectivity index (χ1v) is 7.09. The SMILES string of the molecule is CCN(Cc1ccccc1N)C(=O)c1ccc(C)nc1C. The van der Waals surface area contributed by atoms with E-state index in [1.807, 2.05) is 57.2 Å². The molecule has 0 saturated carbocycles. The number of hydrogen-bond donors (Lipinski definition) is 1. The van der Waals surface area contributed by atoms with Crippen molar-refractivity contribution in [2.75, 3.05) is 12.3 Å². The van der Waals surface area contributed by atoms with Crippen molar-refractivity contribution in [1.82, 2.24) is 9.88 Å². The molecular formula is C17H21N3O. The number of amides is 1. The molecule has 1 aromatic carbocycles. The lowest BCUT2D eigenvalue weighted by molar-refractivity contribution is 0.0751. The van der Waals surface area contributed by atoms with Gasteiger partial charge in [-0.1, -0.05) is 18.2 Å². The van der Waals surface area contributed by atoms with Gasteiger partial charge >= 0.3 is 0 Å². The number of aromatic nitrogens is 1. The Morgan fingerprint density at radius 2 is 1.90 bits per heavy atom. The van der Waals surface area contributed by atoms with Gasteiger partial charge in [-0.25, -0.2) is 0 Å². The van der Waals surface area contributed by atoms with Crippen LogP contribution in [0.3, 0.4) is 0 Å². The van der Waals surface area contributed by atoms with E-state index in [1.54, 1.807) is 4.90 Å². The van der Waals surface area contributed by atoms with Crippen LogP contribution in [0.1, 0.15) is 34.2 Å². The first-order valence-electron chi connectivity index (χ1n) is 7.09. The molecule has 0 unspecified atom stereocenters. The van der Waals surface area contributed by atoms with Gasteiger partial charge in [-0.15, -0.1) is 0 Å². The predicted molar refractivity (Wildman–Crippen MR) is 85.0 cm³/mol. The van der Waals surface area contributed by atoms with Crippen molar-refractivity contribution in [3.63, 3.8) is 0 Å². The van der Waals surface area contributed by atoms with Crippen LogP contribution in [0.25, 0.3) is 0 Å². The van der Waals surface area contributed by atoms with Crippen LogP contribution < -0.4 is 5.73 Å². The smallest absolute Gasteiger partial charge is 0.255 e. The molecule has 0 atom stereocenters. The van der Waals surface area contributed by atoms with E-state index in [2.05, 4.69) is 4.98 Å². The number of para-hydroxylation sites is 1. The highest BCUT2D eigenvalue weighted by Crippen LogP contribution is 2.16. The largest absolute Gasteiger partial charge is 0.398 e. The summed E-state index contributed by atoms with van der Waals surface area (Å²) in [6.45, 7) is 6.89. The van der Waals surface area contributed by atoms with Crippen LogP contribution in [0, 0.1) is 13.8 Å². The van der Waals surface area contributed by atoms with Crippen molar-refractivity contribution in [1.29, 1.82) is 0 Å². The number of nitrogen functional groups attached to an aromatic ring is 1. The van der Waals surface area contributed by atoms with E-state index in [1.165, 1.54) is 0 Å². The number of pyridine rings is 1. The first-order chi connectivity index (χ1) is 10.0. The number of nitrogens with two attached hydrogens (primary N) is 1. The number of hydrogen-bond acceptors (Lipinski definition) is 3. The molecule has 2 aromatic rings. The molecule has 0 aliphatic rings. The van der Waals surface area contributed by atoms with Crippen LogP contribution in [-0.2, 0) is 6.54 Å². The minimum Gasteiger partial charge on any atom is -0.398 e. The maximum atomic E-state index is 12.7. The second-order valence-corrected chi connectivity index (χ2v) is 5.10. The van der Waals surface area contributed by atoms with Crippen molar-refractivity contribution in [3.8, 4) is 0 Å². The van der Waals surface area contributed by atoms with Gasteiger partial charge in [0.05, 0.1) is 11.3 Å². The Labute approximate surface area is 125 Å². The molecule has 0 bridgehead atoms. The number of benzene rings is 1. The molecule has 1 amide bonds. The van der Waals surface area contributed by atoms with Gasteiger partial charge in [0.1, 0.15) is 0 Å². The highest BCUT2D eigenvalue weighted by molar-refractivity contribution is 5.95. The summed E-state index contributed by atoms with van der Waals surface area (Å²) in [5.41, 5.74) is 9.97. The fourth-order valence-electron chi connectivity index (χ4n) is 2.29. The number of anilines is 1. The molecule has 1 heterocycles. The third-order valence-electron chi connectivity index (χ3n) is 3.54. The van der Waals surface area contributed by atoms with E-state index in [4.69, 9.17) is 5.73 Å². The van der Waals surface area contributed by atoms with E-state index < -0.39 is 0 Å². The Bertz CT molecular complexity index is 652. The van der Waals surface area contributed by atoms with E-state index in [9.17, 15) is 4.79 Å². The topological polar surface area (TPSA) is 59.2 Å². The van der Waals surface area contributed by atoms with Crippen LogP contribution in [0.5, 0.6) is 0 Å². The molecule has 21 heavy (non-hydrogen) atoms. The average molecular weight is 283 g/mol. The summed E-state index contributed by atoms with van der Waals surface area (Å²) in [5, 5.41) is 0. The standard InChI is InChI=1S/C17H21N3O/c1-4-20(11-14-7-5-6-8-16(14)18)17(21)15-10-9-12(2)19-13(15)3/h5-10H,4,11,18H2,1-3H3. The first kappa shape index (κ1) is 15.0. The third-order valence-corrected chi connectivity index (χ3v) is 3.54. The van der Waals surface area contributed by atoms with Gasteiger partial charge in [-0.3, -0.25) is 9.78 Å². The van der Waals surface area contributed by atoms with Crippen LogP contribution in [-0.4, -0.2) is 22.3 Å². The second kappa shape index (κ2) is 6.39. The van der Waals surface area contributed by atoms with Crippen molar-refractivity contribution >= 4 is 11.6 Å². The summed E-state index contributed by atoms with van der Waals surface area (Å²) in [7, 11) is 0. The molecule has 1 aromatic heterocycles. The third kappa shape index (κ3) is 3.40. The van der Waals surface area contributed by atoms with Crippen molar-refractivity contribution in [2.24, 2.45) is 0 Å². The summed E-state index contributed by atoms with van der Waals surface area (Å²) in [6.07, 6.45) is 0. The van der Waals surface area contributed by atoms with Gasteiger partial charge < -0.3 is 10.6 Å². The number of aryl methyl sites for hydroxylation is 2. The van der Waals surface area contributed by atoms with Crippen LogP contribution in [0.2, 0.25) is 0 Å². The number of carbonyl (C=O) groups excluding carboxylic acids is 1. The van der Waals surface area contributed by atoms with Crippen LogP contribution in [0.15, 0.2) is 36.4 Å². The summed E-state index contributed by atoms with van der Waals surface area (Å²) in [5.74, 6) is -0.00856. The molecule has 2 N–H and O–H groups in total. The lowest BCUT2D eigenvalue weighted by Gasteiger charge is -2.22. The monoisotopic (exact) mass is 283 g/mol. The highest BCUT2D eigenvalue weighted by atomic mass is 16.2. The molecule has 4 heteroatoms. The van der Waals surface area contributed by atoms with Crippen molar-refractivity contribution < 1.29 is 4.79 Å². The van der Waals surface area contributed by atoms with E-state index >= 15 is 0 Å². The number of rotatable bonds is 4. The van der Waals surface area contributed by atoms with Gasteiger partial charge in [0, 0.05) is 24.5 Å². The maximum Gasteiger partial charge on any atom is 0.255 e. The molecule has 0 aliphatic carbocycles. The van der Waals surface area contributed by atoms with E-state index in [0.29, 0.717) is 24.3 Å². The van der Waals surface area contributed by atoms with Gasteiger partial charge in [-0.2, -0.15) is 0 Å². The zero-order valence-electron chi connectivity index (χ0n) is 12.8. The Balaban J connectivity index is 2.25. The Hall–Kier alpha value is -2.36. The molecule has 4 nitrogen and oxygen atoms in total. The molecule has 2 rings (SSSR count). The fraction of sp³-hybridized carbons (Fsp3) is 0.294. The van der Waals surface area contributed by atoms with Gasteiger partial charge in [0.25, 0.3) is 5.91 Å². The van der Waals surface area contributed by atoms with Crippen LogP contribution in [0.4, 0.5) is 5.69 Å². The molecule has 0 aliphatic heterocycles. The Morgan fingerprint density at radius 3 is 2.52 bits per heavy atom. The van der Waals surface area contributed by atoms with E-state index in [0.717, 1.165) is 17.0 Å². The van der Waals surface area contributed by atoms with Gasteiger partial charge in [0.2, 0.25) is 0 Å². The normalized spacial score (nSPS) is 10.4. The van der Waals surface area contributed by atoms with Crippen molar-refractivity contribution in [3.05, 3.63) is 58.9 Å². The van der Waals surface area contributed by atoms with Crippen LogP contribution >= 0.6 is 0 Å².